The Kier molecular flexibility index (Phi) is 6.18. The van der Waals surface area contributed by atoms with Crippen LogP contribution in [0.3, 0.4) is 0 Å². The van der Waals surface area contributed by atoms with Crippen LogP contribution < -0.4 is 0 Å². The second-order valence-corrected chi connectivity index (χ2v) is 5.41. The molecule has 1 aliphatic rings. The normalized spacial score (nSPS) is 27.6. The molecule has 0 spiro atoms. The lowest BCUT2D eigenvalue weighted by Gasteiger charge is -2.18. The van der Waals surface area contributed by atoms with Crippen molar-refractivity contribution in [2.45, 2.75) is 31.8 Å². The Balaban J connectivity index is 2.51. The molecule has 0 aromatic carbocycles. The zero-order chi connectivity index (χ0) is 12.0. The van der Waals surface area contributed by atoms with Gasteiger partial charge in [0.15, 0.2) is 0 Å². The number of carboxylic acids is 1. The van der Waals surface area contributed by atoms with E-state index in [0.717, 1.165) is 15.4 Å². The van der Waals surface area contributed by atoms with E-state index in [1.54, 1.807) is 0 Å². The molecule has 0 saturated carbocycles. The number of hydrogen-bond acceptors (Lipinski definition) is 4. The SMILES string of the molecule is O=C(OC1/C=C/CCC(C(=O)O)CC1)SI. The maximum atomic E-state index is 11.1. The van der Waals surface area contributed by atoms with Gasteiger partial charge in [-0.25, -0.2) is 4.79 Å². The average molecular weight is 356 g/mol. The Morgan fingerprint density at radius 1 is 1.38 bits per heavy atom. The largest absolute Gasteiger partial charge is 0.481 e. The molecule has 0 heterocycles. The summed E-state index contributed by atoms with van der Waals surface area (Å²) < 4.78 is 5.14. The van der Waals surface area contributed by atoms with Crippen LogP contribution in [-0.2, 0) is 9.53 Å². The maximum absolute atomic E-state index is 11.1. The quantitative estimate of drug-likeness (QED) is 0.467. The average Bonchev–Trinajstić information content (AvgIpc) is 2.21. The predicted molar refractivity (Wildman–Crippen MR) is 70.6 cm³/mol. The van der Waals surface area contributed by atoms with Crippen LogP contribution in [0, 0.1) is 5.92 Å². The summed E-state index contributed by atoms with van der Waals surface area (Å²) in [5.74, 6) is -1.08. The van der Waals surface area contributed by atoms with Gasteiger partial charge in [-0.1, -0.05) is 6.08 Å². The number of carboxylic acid groups (broad SMARTS) is 1. The highest BCUT2D eigenvalue weighted by molar-refractivity contribution is 14.2. The molecule has 2 atom stereocenters. The van der Waals surface area contributed by atoms with Gasteiger partial charge >= 0.3 is 11.3 Å². The van der Waals surface area contributed by atoms with E-state index in [1.165, 1.54) is 0 Å². The lowest BCUT2D eigenvalue weighted by atomic mass is 9.93. The van der Waals surface area contributed by atoms with Gasteiger partial charge in [0.25, 0.3) is 0 Å². The number of halogens is 1. The summed E-state index contributed by atoms with van der Waals surface area (Å²) in [6.07, 6.45) is 5.99. The number of hydrogen-bond donors (Lipinski definition) is 1. The van der Waals surface area contributed by atoms with Crippen molar-refractivity contribution in [3.05, 3.63) is 12.2 Å². The number of aliphatic carboxylic acids is 1. The molecule has 0 aromatic rings. The van der Waals surface area contributed by atoms with Gasteiger partial charge in [0, 0.05) is 30.1 Å². The van der Waals surface area contributed by atoms with E-state index in [0.29, 0.717) is 19.3 Å². The van der Waals surface area contributed by atoms with Crippen molar-refractivity contribution in [2.24, 2.45) is 5.92 Å². The van der Waals surface area contributed by atoms with Crippen LogP contribution in [0.5, 0.6) is 0 Å². The first-order chi connectivity index (χ1) is 7.63. The summed E-state index contributed by atoms with van der Waals surface area (Å²) in [5, 5.41) is 8.60. The number of carbonyl (C=O) groups excluding carboxylic acids is 1. The highest BCUT2D eigenvalue weighted by Crippen LogP contribution is 2.23. The molecular formula is C10H13IO4S. The summed E-state index contributed by atoms with van der Waals surface area (Å²) >= 11 is 1.87. The van der Waals surface area contributed by atoms with Crippen molar-refractivity contribution in [3.63, 3.8) is 0 Å². The number of allylic oxidation sites excluding steroid dienone is 1. The summed E-state index contributed by atoms with van der Waals surface area (Å²) in [6.45, 7) is 0. The molecule has 1 N–H and O–H groups in total. The van der Waals surface area contributed by atoms with Crippen LogP contribution >= 0.6 is 30.1 Å². The molecule has 0 aliphatic heterocycles. The van der Waals surface area contributed by atoms with Crippen LogP contribution in [0.4, 0.5) is 4.79 Å². The number of carbonyl (C=O) groups is 2. The third-order valence-electron chi connectivity index (χ3n) is 2.49. The van der Waals surface area contributed by atoms with Crippen molar-refractivity contribution in [2.75, 3.05) is 0 Å². The summed E-state index contributed by atoms with van der Waals surface area (Å²) in [6, 6.07) is 0. The first kappa shape index (κ1) is 13.8. The van der Waals surface area contributed by atoms with Gasteiger partial charge in [-0.3, -0.25) is 4.79 Å². The fraction of sp³-hybridized carbons (Fsp3) is 0.600. The van der Waals surface area contributed by atoms with Crippen molar-refractivity contribution in [1.82, 2.24) is 0 Å². The number of rotatable bonds is 2. The van der Waals surface area contributed by atoms with Crippen LogP contribution in [0.25, 0.3) is 0 Å². The molecule has 16 heavy (non-hydrogen) atoms. The summed E-state index contributed by atoms with van der Waals surface area (Å²) in [4.78, 5) is 21.9. The summed E-state index contributed by atoms with van der Waals surface area (Å²) in [5.41, 5.74) is 0. The molecule has 4 nitrogen and oxygen atoms in total. The second kappa shape index (κ2) is 7.16. The molecule has 0 amide bonds. The predicted octanol–water partition coefficient (Wildman–Crippen LogP) is 3.41. The highest BCUT2D eigenvalue weighted by atomic mass is 127. The summed E-state index contributed by atoms with van der Waals surface area (Å²) in [7, 11) is 0.996. The van der Waals surface area contributed by atoms with Crippen LogP contribution in [0.2, 0.25) is 0 Å². The fourth-order valence-electron chi connectivity index (χ4n) is 1.64. The van der Waals surface area contributed by atoms with E-state index in [9.17, 15) is 9.59 Å². The highest BCUT2D eigenvalue weighted by Gasteiger charge is 2.21. The molecule has 90 valence electrons. The van der Waals surface area contributed by atoms with Gasteiger partial charge in [0.05, 0.1) is 5.92 Å². The minimum Gasteiger partial charge on any atom is -0.481 e. The molecule has 0 saturated heterocycles. The van der Waals surface area contributed by atoms with Crippen LogP contribution in [0.15, 0.2) is 12.2 Å². The minimum atomic E-state index is -0.761. The molecule has 0 aromatic heterocycles. The van der Waals surface area contributed by atoms with Crippen molar-refractivity contribution in [3.8, 4) is 0 Å². The molecule has 2 unspecified atom stereocenters. The molecule has 0 bridgehead atoms. The van der Waals surface area contributed by atoms with Gasteiger partial charge in [0.2, 0.25) is 0 Å². The van der Waals surface area contributed by atoms with Gasteiger partial charge in [-0.05, 0) is 31.8 Å². The first-order valence-electron chi connectivity index (χ1n) is 5.02. The van der Waals surface area contributed by atoms with Crippen LogP contribution in [-0.4, -0.2) is 22.5 Å². The molecule has 0 radical (unpaired) electrons. The first-order valence-corrected chi connectivity index (χ1v) is 8.38. The van der Waals surface area contributed by atoms with Gasteiger partial charge in [0.1, 0.15) is 6.10 Å². The van der Waals surface area contributed by atoms with E-state index < -0.39 is 5.97 Å². The Hall–Kier alpha value is -0.240. The van der Waals surface area contributed by atoms with E-state index in [2.05, 4.69) is 0 Å². The Morgan fingerprint density at radius 2 is 2.12 bits per heavy atom. The van der Waals surface area contributed by atoms with Crippen molar-refractivity contribution >= 4 is 41.4 Å². The van der Waals surface area contributed by atoms with Crippen LogP contribution in [0.1, 0.15) is 25.7 Å². The van der Waals surface area contributed by atoms with E-state index in [4.69, 9.17) is 9.84 Å². The smallest absolute Gasteiger partial charge is 0.378 e. The Bertz CT molecular complexity index is 293. The maximum Gasteiger partial charge on any atom is 0.378 e. The van der Waals surface area contributed by atoms with Gasteiger partial charge in [-0.15, -0.1) is 0 Å². The van der Waals surface area contributed by atoms with Gasteiger partial charge in [-0.2, -0.15) is 0 Å². The third-order valence-corrected chi connectivity index (χ3v) is 3.79. The van der Waals surface area contributed by atoms with Gasteiger partial charge < -0.3 is 9.84 Å². The monoisotopic (exact) mass is 356 g/mol. The van der Waals surface area contributed by atoms with Crippen molar-refractivity contribution in [1.29, 1.82) is 0 Å². The Labute approximate surface area is 110 Å². The van der Waals surface area contributed by atoms with E-state index in [1.807, 2.05) is 33.4 Å². The molecular weight excluding hydrogens is 343 g/mol. The standard InChI is InChI=1S/C10H13IO4S/c11-16-10(14)15-8-4-2-1-3-7(5-6-8)9(12)13/h2,4,7-8H,1,3,5-6H2,(H,12,13)/b4-2+. The van der Waals surface area contributed by atoms with E-state index in [-0.39, 0.29) is 17.3 Å². The second-order valence-electron chi connectivity index (χ2n) is 3.60. The minimum absolute atomic E-state index is 0.281. The number of ether oxygens (including phenoxy) is 1. The molecule has 0 fully saturated rings. The molecule has 1 aliphatic carbocycles. The topological polar surface area (TPSA) is 63.6 Å². The fourth-order valence-corrected chi connectivity index (χ4v) is 2.11. The molecule has 6 heteroatoms. The van der Waals surface area contributed by atoms with E-state index >= 15 is 0 Å². The lowest BCUT2D eigenvalue weighted by Crippen LogP contribution is -2.20. The van der Waals surface area contributed by atoms with Crippen molar-refractivity contribution < 1.29 is 19.4 Å². The molecule has 1 rings (SSSR count). The third kappa shape index (κ3) is 4.73. The Morgan fingerprint density at radius 3 is 2.75 bits per heavy atom. The lowest BCUT2D eigenvalue weighted by molar-refractivity contribution is -0.142. The zero-order valence-electron chi connectivity index (χ0n) is 8.60. The zero-order valence-corrected chi connectivity index (χ0v) is 11.6.